The van der Waals surface area contributed by atoms with Crippen LogP contribution < -0.4 is 0 Å². The van der Waals surface area contributed by atoms with E-state index in [0.717, 1.165) is 30.7 Å². The third-order valence-electron chi connectivity index (χ3n) is 5.22. The van der Waals surface area contributed by atoms with Crippen LogP contribution in [0.25, 0.3) is 10.9 Å². The third kappa shape index (κ3) is 6.09. The van der Waals surface area contributed by atoms with Crippen molar-refractivity contribution in [2.75, 3.05) is 0 Å². The van der Waals surface area contributed by atoms with E-state index < -0.39 is 17.5 Å². The number of aromatic carboxylic acids is 1. The predicted octanol–water partition coefficient (Wildman–Crippen LogP) is 8.56. The molecule has 0 saturated heterocycles. The fourth-order valence-electron chi connectivity index (χ4n) is 3.64. The average Bonchev–Trinajstić information content (AvgIpc) is 3.15. The number of halogens is 3. The number of carboxylic acid groups (broad SMARTS) is 1. The molecule has 0 aliphatic heterocycles. The molecular weight excluding hydrogens is 585 g/mol. The van der Waals surface area contributed by atoms with Crippen LogP contribution in [0, 0.1) is 0 Å². The minimum Gasteiger partial charge on any atom is -0.477 e. The van der Waals surface area contributed by atoms with Gasteiger partial charge in [-0.3, -0.25) is 0 Å². The van der Waals surface area contributed by atoms with E-state index in [9.17, 15) is 14.7 Å². The van der Waals surface area contributed by atoms with Crippen LogP contribution in [0.4, 0.5) is 0 Å². The molecule has 186 valence electrons. The third-order valence-corrected chi connectivity index (χ3v) is 7.58. The molecule has 36 heavy (non-hydrogen) atoms. The van der Waals surface area contributed by atoms with E-state index in [-0.39, 0.29) is 5.69 Å². The number of benzene rings is 3. The summed E-state index contributed by atoms with van der Waals surface area (Å²) in [5, 5.41) is 11.6. The number of carbonyl (C=O) groups excluding carboxylic acids is 1. The second kappa shape index (κ2) is 10.5. The maximum atomic E-state index is 12.3. The molecule has 4 aromatic rings. The Bertz CT molecular complexity index is 1480. The first kappa shape index (κ1) is 26.6. The topological polar surface area (TPSA) is 68.5 Å². The zero-order valence-corrected chi connectivity index (χ0v) is 23.6. The normalized spacial score (nSPS) is 11.6. The smallest absolute Gasteiger partial charge is 0.352 e. The number of rotatable bonds is 6. The van der Waals surface area contributed by atoms with Crippen molar-refractivity contribution < 1.29 is 19.4 Å². The van der Waals surface area contributed by atoms with E-state index in [0.29, 0.717) is 22.2 Å². The Morgan fingerprint density at radius 2 is 1.67 bits per heavy atom. The Morgan fingerprint density at radius 3 is 2.28 bits per heavy atom. The Balaban J connectivity index is 1.69. The van der Waals surface area contributed by atoms with Crippen molar-refractivity contribution >= 4 is 73.7 Å². The van der Waals surface area contributed by atoms with Crippen molar-refractivity contribution in [3.63, 3.8) is 0 Å². The van der Waals surface area contributed by atoms with Crippen LogP contribution in [0.3, 0.4) is 0 Å². The van der Waals surface area contributed by atoms with Gasteiger partial charge >= 0.3 is 11.9 Å². The van der Waals surface area contributed by atoms with Gasteiger partial charge in [-0.1, -0.05) is 63.0 Å². The summed E-state index contributed by atoms with van der Waals surface area (Å²) in [6, 6.07) is 18.0. The number of esters is 1. The van der Waals surface area contributed by atoms with Gasteiger partial charge in [0.05, 0.1) is 21.1 Å². The lowest BCUT2D eigenvalue weighted by Gasteiger charge is -2.19. The van der Waals surface area contributed by atoms with Gasteiger partial charge in [0.1, 0.15) is 11.3 Å². The molecule has 9 heteroatoms. The number of hydrogen-bond acceptors (Lipinski definition) is 4. The first-order valence-electron chi connectivity index (χ1n) is 10.9. The zero-order chi connectivity index (χ0) is 26.2. The van der Waals surface area contributed by atoms with E-state index in [1.807, 2.05) is 39.0 Å². The lowest BCUT2D eigenvalue weighted by Crippen LogP contribution is -2.23. The highest BCUT2D eigenvalue weighted by molar-refractivity contribution is 9.10. The minimum atomic E-state index is -1.03. The Morgan fingerprint density at radius 1 is 0.972 bits per heavy atom. The van der Waals surface area contributed by atoms with Gasteiger partial charge in [0, 0.05) is 26.2 Å². The van der Waals surface area contributed by atoms with E-state index in [4.69, 9.17) is 27.9 Å². The summed E-state index contributed by atoms with van der Waals surface area (Å²) >= 11 is 17.3. The molecule has 3 aromatic carbocycles. The van der Waals surface area contributed by atoms with Gasteiger partial charge in [-0.15, -0.1) is 0 Å². The lowest BCUT2D eigenvalue weighted by molar-refractivity contribution is 0.00693. The molecule has 0 amide bonds. The Labute approximate surface area is 231 Å². The first-order chi connectivity index (χ1) is 16.9. The van der Waals surface area contributed by atoms with Crippen LogP contribution in [-0.2, 0) is 11.3 Å². The van der Waals surface area contributed by atoms with Crippen LogP contribution >= 0.6 is 50.9 Å². The molecule has 0 unspecified atom stereocenters. The summed E-state index contributed by atoms with van der Waals surface area (Å²) in [7, 11) is 0. The Hall–Kier alpha value is -2.45. The van der Waals surface area contributed by atoms with Crippen molar-refractivity contribution in [2.24, 2.45) is 0 Å². The maximum absolute atomic E-state index is 12.3. The highest BCUT2D eigenvalue weighted by atomic mass is 79.9. The molecule has 1 N–H and O–H groups in total. The van der Waals surface area contributed by atoms with E-state index in [1.165, 1.54) is 11.8 Å². The summed E-state index contributed by atoms with van der Waals surface area (Å²) in [5.41, 5.74) is 1.63. The van der Waals surface area contributed by atoms with Crippen molar-refractivity contribution in [3.8, 4) is 0 Å². The van der Waals surface area contributed by atoms with Gasteiger partial charge < -0.3 is 14.4 Å². The molecule has 0 radical (unpaired) electrons. The molecular formula is C27H22BrCl2NO4S. The summed E-state index contributed by atoms with van der Waals surface area (Å²) in [5.74, 6) is -1.43. The molecule has 0 saturated carbocycles. The van der Waals surface area contributed by atoms with Gasteiger partial charge in [-0.25, -0.2) is 9.59 Å². The zero-order valence-electron chi connectivity index (χ0n) is 19.6. The summed E-state index contributed by atoms with van der Waals surface area (Å²) in [6.07, 6.45) is 0. The second-order valence-electron chi connectivity index (χ2n) is 9.14. The molecule has 0 bridgehead atoms. The number of hydrogen-bond donors (Lipinski definition) is 1. The number of carbonyl (C=O) groups is 2. The highest BCUT2D eigenvalue weighted by Crippen LogP contribution is 2.38. The lowest BCUT2D eigenvalue weighted by atomic mass is 10.1. The molecule has 0 atom stereocenters. The summed E-state index contributed by atoms with van der Waals surface area (Å²) in [4.78, 5) is 26.2. The van der Waals surface area contributed by atoms with Crippen LogP contribution in [0.1, 0.15) is 47.2 Å². The van der Waals surface area contributed by atoms with Crippen molar-refractivity contribution in [3.05, 3.63) is 92.0 Å². The molecule has 0 aliphatic carbocycles. The number of carboxylic acids is 1. The fourth-order valence-corrected chi connectivity index (χ4v) is 5.65. The van der Waals surface area contributed by atoms with Gasteiger partial charge in [0.25, 0.3) is 0 Å². The second-order valence-corrected chi connectivity index (χ2v) is 12.0. The van der Waals surface area contributed by atoms with E-state index >= 15 is 0 Å². The summed E-state index contributed by atoms with van der Waals surface area (Å²) in [6.45, 7) is 5.76. The molecule has 0 spiro atoms. The molecule has 0 aliphatic rings. The van der Waals surface area contributed by atoms with Crippen LogP contribution in [-0.4, -0.2) is 27.2 Å². The van der Waals surface area contributed by atoms with Gasteiger partial charge in [0.15, 0.2) is 0 Å². The summed E-state index contributed by atoms with van der Waals surface area (Å²) < 4.78 is 7.96. The quantitative estimate of drug-likeness (QED) is 0.223. The average molecular weight is 607 g/mol. The van der Waals surface area contributed by atoms with Crippen molar-refractivity contribution in [2.45, 2.75) is 42.7 Å². The maximum Gasteiger partial charge on any atom is 0.352 e. The molecule has 1 aromatic heterocycles. The van der Waals surface area contributed by atoms with E-state index in [1.54, 1.807) is 47.0 Å². The number of ether oxygens (including phenoxy) is 1. The Kier molecular flexibility index (Phi) is 7.76. The number of fused-ring (bicyclic) bond motifs is 1. The number of aromatic nitrogens is 1. The first-order valence-corrected chi connectivity index (χ1v) is 13.3. The predicted molar refractivity (Wildman–Crippen MR) is 148 cm³/mol. The molecule has 5 nitrogen and oxygen atoms in total. The van der Waals surface area contributed by atoms with Crippen LogP contribution in [0.15, 0.2) is 74.9 Å². The molecule has 0 fully saturated rings. The molecule has 1 heterocycles. The SMILES string of the molecule is CC(C)(C)OC(=O)c1ccc(Cn2c(C(=O)O)cc3c(Br)cc(Sc4ccc(Cl)c(Cl)c4)cc32)cc1. The van der Waals surface area contributed by atoms with Gasteiger partial charge in [0.2, 0.25) is 0 Å². The van der Waals surface area contributed by atoms with Crippen molar-refractivity contribution in [1.29, 1.82) is 0 Å². The standard InChI is InChI=1S/C27H22BrCl2NO4S/c1-27(2,3)35-26(34)16-6-4-15(5-7-16)14-31-23-12-18(36-17-8-9-21(29)22(30)11-17)10-20(28)19(23)13-24(31)25(32)33/h4-13H,14H2,1-3H3,(H,32,33). The largest absolute Gasteiger partial charge is 0.477 e. The van der Waals surface area contributed by atoms with Crippen LogP contribution in [0.2, 0.25) is 10.0 Å². The molecule has 4 rings (SSSR count). The van der Waals surface area contributed by atoms with Crippen molar-refractivity contribution in [1.82, 2.24) is 4.57 Å². The van der Waals surface area contributed by atoms with Gasteiger partial charge in [-0.2, -0.15) is 0 Å². The number of nitrogens with zero attached hydrogens (tertiary/aromatic N) is 1. The van der Waals surface area contributed by atoms with Gasteiger partial charge in [-0.05, 0) is 74.9 Å². The monoisotopic (exact) mass is 605 g/mol. The highest BCUT2D eigenvalue weighted by Gasteiger charge is 2.20. The fraction of sp³-hybridized carbons (Fsp3) is 0.185. The van der Waals surface area contributed by atoms with Crippen LogP contribution in [0.5, 0.6) is 0 Å². The van der Waals surface area contributed by atoms with E-state index in [2.05, 4.69) is 15.9 Å². The minimum absolute atomic E-state index is 0.165.